The average Bonchev–Trinajstić information content (AvgIpc) is 3.45. The SMILES string of the molecule is Cc1nn(C)c(C)c1-c1cc(C(=O)NCC(c2cccs2)N2CCCC2)[nH]n1. The lowest BCUT2D eigenvalue weighted by Crippen LogP contribution is -2.36. The highest BCUT2D eigenvalue weighted by Gasteiger charge is 2.25. The van der Waals surface area contributed by atoms with Crippen LogP contribution >= 0.6 is 11.3 Å². The lowest BCUT2D eigenvalue weighted by atomic mass is 10.1. The van der Waals surface area contributed by atoms with Crippen molar-refractivity contribution in [2.45, 2.75) is 32.7 Å². The van der Waals surface area contributed by atoms with E-state index in [1.54, 1.807) is 11.3 Å². The Morgan fingerprint density at radius 2 is 2.14 bits per heavy atom. The lowest BCUT2D eigenvalue weighted by molar-refractivity contribution is 0.0933. The summed E-state index contributed by atoms with van der Waals surface area (Å²) in [6.45, 7) is 6.74. The Morgan fingerprint density at radius 3 is 2.79 bits per heavy atom. The molecule has 3 aromatic heterocycles. The zero-order valence-corrected chi connectivity index (χ0v) is 17.3. The van der Waals surface area contributed by atoms with Crippen LogP contribution < -0.4 is 5.32 Å². The van der Waals surface area contributed by atoms with E-state index in [0.29, 0.717) is 12.2 Å². The maximum atomic E-state index is 12.7. The monoisotopic (exact) mass is 398 g/mol. The molecule has 1 atom stereocenters. The second kappa shape index (κ2) is 7.89. The van der Waals surface area contributed by atoms with E-state index in [1.165, 1.54) is 17.7 Å². The van der Waals surface area contributed by atoms with Crippen LogP contribution in [-0.4, -0.2) is 50.4 Å². The Labute approximate surface area is 168 Å². The minimum atomic E-state index is -0.126. The van der Waals surface area contributed by atoms with E-state index >= 15 is 0 Å². The Bertz CT molecular complexity index is 952. The summed E-state index contributed by atoms with van der Waals surface area (Å²) in [4.78, 5) is 16.5. The molecule has 0 aromatic carbocycles. The summed E-state index contributed by atoms with van der Waals surface area (Å²) < 4.78 is 1.83. The molecule has 0 radical (unpaired) electrons. The molecule has 1 fully saturated rings. The first-order valence-corrected chi connectivity index (χ1v) is 10.5. The van der Waals surface area contributed by atoms with Crippen molar-refractivity contribution in [1.29, 1.82) is 0 Å². The maximum Gasteiger partial charge on any atom is 0.269 e. The van der Waals surface area contributed by atoms with Gasteiger partial charge in [0.1, 0.15) is 5.69 Å². The van der Waals surface area contributed by atoms with E-state index < -0.39 is 0 Å². The number of rotatable bonds is 6. The van der Waals surface area contributed by atoms with Crippen LogP contribution in [0.1, 0.15) is 45.6 Å². The fourth-order valence-electron chi connectivity index (χ4n) is 3.94. The van der Waals surface area contributed by atoms with E-state index in [2.05, 4.69) is 43.0 Å². The van der Waals surface area contributed by atoms with Gasteiger partial charge in [0.25, 0.3) is 5.91 Å². The van der Waals surface area contributed by atoms with Crippen molar-refractivity contribution in [1.82, 2.24) is 30.2 Å². The van der Waals surface area contributed by atoms with Gasteiger partial charge in [-0.2, -0.15) is 10.2 Å². The maximum absolute atomic E-state index is 12.7. The number of H-pyrrole nitrogens is 1. The van der Waals surface area contributed by atoms with Gasteiger partial charge in [-0.05, 0) is 57.3 Å². The molecule has 1 saturated heterocycles. The summed E-state index contributed by atoms with van der Waals surface area (Å²) in [5.74, 6) is -0.126. The number of nitrogens with zero attached hydrogens (tertiary/aromatic N) is 4. The van der Waals surface area contributed by atoms with Crippen LogP contribution in [0.3, 0.4) is 0 Å². The standard InChI is InChI=1S/C20H26N6OS/c1-13-19(14(2)25(3)24-13)15-11-16(23-22-15)20(27)21-12-17(18-7-6-10-28-18)26-8-4-5-9-26/h6-7,10-11,17H,4-5,8-9,12H2,1-3H3,(H,21,27)(H,22,23). The van der Waals surface area contributed by atoms with Crippen molar-refractivity contribution in [2.24, 2.45) is 7.05 Å². The third kappa shape index (κ3) is 3.62. The van der Waals surface area contributed by atoms with Crippen molar-refractivity contribution in [3.63, 3.8) is 0 Å². The predicted molar refractivity (Wildman–Crippen MR) is 110 cm³/mol. The number of amides is 1. The number of carbonyl (C=O) groups is 1. The van der Waals surface area contributed by atoms with E-state index in [9.17, 15) is 4.79 Å². The number of thiophene rings is 1. The van der Waals surface area contributed by atoms with Crippen molar-refractivity contribution in [3.8, 4) is 11.3 Å². The second-order valence-electron chi connectivity index (χ2n) is 7.32. The van der Waals surface area contributed by atoms with E-state index in [1.807, 2.05) is 31.6 Å². The van der Waals surface area contributed by atoms with Gasteiger partial charge in [-0.25, -0.2) is 0 Å². The third-order valence-corrected chi connectivity index (χ3v) is 6.47. The summed E-state index contributed by atoms with van der Waals surface area (Å²) in [5, 5.41) is 16.9. The molecule has 4 rings (SSSR count). The number of likely N-dealkylation sites (tertiary alicyclic amines) is 1. The van der Waals surface area contributed by atoms with Crippen molar-refractivity contribution < 1.29 is 4.79 Å². The molecule has 0 spiro atoms. The fourth-order valence-corrected chi connectivity index (χ4v) is 4.80. The van der Waals surface area contributed by atoms with Crippen LogP contribution in [0.5, 0.6) is 0 Å². The zero-order chi connectivity index (χ0) is 19.7. The quantitative estimate of drug-likeness (QED) is 0.669. The fraction of sp³-hybridized carbons (Fsp3) is 0.450. The number of aromatic nitrogens is 4. The van der Waals surface area contributed by atoms with Crippen molar-refractivity contribution in [3.05, 3.63) is 45.5 Å². The molecule has 0 bridgehead atoms. The van der Waals surface area contributed by atoms with Crippen molar-refractivity contribution in [2.75, 3.05) is 19.6 Å². The number of aromatic amines is 1. The van der Waals surface area contributed by atoms with Gasteiger partial charge in [0.05, 0.1) is 17.4 Å². The molecular formula is C20H26N6OS. The number of nitrogens with one attached hydrogen (secondary N) is 2. The van der Waals surface area contributed by atoms with Gasteiger partial charge in [-0.1, -0.05) is 6.07 Å². The average molecular weight is 399 g/mol. The molecule has 0 aliphatic carbocycles. The highest BCUT2D eigenvalue weighted by atomic mass is 32.1. The lowest BCUT2D eigenvalue weighted by Gasteiger charge is -2.26. The number of aryl methyl sites for hydroxylation is 2. The largest absolute Gasteiger partial charge is 0.349 e. The van der Waals surface area contributed by atoms with Crippen LogP contribution in [0.25, 0.3) is 11.3 Å². The minimum absolute atomic E-state index is 0.126. The molecule has 1 aliphatic rings. The van der Waals surface area contributed by atoms with Crippen LogP contribution in [0.4, 0.5) is 0 Å². The molecule has 1 unspecified atom stereocenters. The molecule has 2 N–H and O–H groups in total. The number of carbonyl (C=O) groups excluding carboxylic acids is 1. The Morgan fingerprint density at radius 1 is 1.36 bits per heavy atom. The summed E-state index contributed by atoms with van der Waals surface area (Å²) in [6.07, 6.45) is 2.45. The normalized spacial score (nSPS) is 15.8. The number of hydrogen-bond acceptors (Lipinski definition) is 5. The summed E-state index contributed by atoms with van der Waals surface area (Å²) in [5.41, 5.74) is 4.14. The van der Waals surface area contributed by atoms with Crippen LogP contribution in [0, 0.1) is 13.8 Å². The summed E-state index contributed by atoms with van der Waals surface area (Å²) in [6, 6.07) is 6.27. The Hall–Kier alpha value is -2.45. The highest BCUT2D eigenvalue weighted by Crippen LogP contribution is 2.28. The predicted octanol–water partition coefficient (Wildman–Crippen LogP) is 3.06. The van der Waals surface area contributed by atoms with Gasteiger partial charge in [-0.15, -0.1) is 11.3 Å². The van der Waals surface area contributed by atoms with Crippen LogP contribution in [-0.2, 0) is 7.05 Å². The van der Waals surface area contributed by atoms with E-state index in [0.717, 1.165) is 35.7 Å². The minimum Gasteiger partial charge on any atom is -0.349 e. The smallest absolute Gasteiger partial charge is 0.269 e. The Kier molecular flexibility index (Phi) is 5.32. The van der Waals surface area contributed by atoms with Gasteiger partial charge < -0.3 is 5.32 Å². The molecule has 7 nitrogen and oxygen atoms in total. The highest BCUT2D eigenvalue weighted by molar-refractivity contribution is 7.10. The molecule has 4 heterocycles. The molecule has 1 amide bonds. The van der Waals surface area contributed by atoms with Gasteiger partial charge >= 0.3 is 0 Å². The topological polar surface area (TPSA) is 78.8 Å². The van der Waals surface area contributed by atoms with Gasteiger partial charge in [-0.3, -0.25) is 19.5 Å². The summed E-state index contributed by atoms with van der Waals surface area (Å²) >= 11 is 1.75. The van der Waals surface area contributed by atoms with Gasteiger partial charge in [0, 0.05) is 29.7 Å². The summed E-state index contributed by atoms with van der Waals surface area (Å²) in [7, 11) is 1.91. The molecular weight excluding hydrogens is 372 g/mol. The van der Waals surface area contributed by atoms with E-state index in [4.69, 9.17) is 0 Å². The molecule has 1 aliphatic heterocycles. The molecule has 148 valence electrons. The van der Waals surface area contributed by atoms with E-state index in [-0.39, 0.29) is 11.9 Å². The molecule has 3 aromatic rings. The first-order chi connectivity index (χ1) is 13.5. The van der Waals surface area contributed by atoms with Crippen LogP contribution in [0.2, 0.25) is 0 Å². The third-order valence-electron chi connectivity index (χ3n) is 5.50. The zero-order valence-electron chi connectivity index (χ0n) is 16.5. The first-order valence-electron chi connectivity index (χ1n) is 9.66. The Balaban J connectivity index is 1.47. The number of hydrogen-bond donors (Lipinski definition) is 2. The first kappa shape index (κ1) is 18.9. The molecule has 28 heavy (non-hydrogen) atoms. The van der Waals surface area contributed by atoms with Gasteiger partial charge in [0.15, 0.2) is 0 Å². The van der Waals surface area contributed by atoms with Crippen molar-refractivity contribution >= 4 is 17.2 Å². The second-order valence-corrected chi connectivity index (χ2v) is 8.30. The molecule has 0 saturated carbocycles. The molecule has 8 heteroatoms. The van der Waals surface area contributed by atoms with Crippen LogP contribution in [0.15, 0.2) is 23.6 Å². The van der Waals surface area contributed by atoms with Gasteiger partial charge in [0.2, 0.25) is 0 Å².